The number of aryl methyl sites for hydroxylation is 1. The van der Waals surface area contributed by atoms with Crippen molar-refractivity contribution in [3.05, 3.63) is 18.2 Å². The zero-order chi connectivity index (χ0) is 16.8. The van der Waals surface area contributed by atoms with E-state index in [1.54, 1.807) is 6.07 Å². The van der Waals surface area contributed by atoms with Gasteiger partial charge < -0.3 is 4.74 Å². The number of ether oxygens (including phenoxy) is 1. The van der Waals surface area contributed by atoms with Crippen LogP contribution in [-0.4, -0.2) is 12.9 Å². The number of hydrogen-bond acceptors (Lipinski definition) is 3. The molecule has 0 aliphatic carbocycles. The highest BCUT2D eigenvalue weighted by Gasteiger charge is 2.31. The number of benzene rings is 1. The Hall–Kier alpha value is -1.94. The van der Waals surface area contributed by atoms with Gasteiger partial charge in [-0.2, -0.15) is 0 Å². The fraction of sp³-hybridized carbons (Fsp3) is 0.400. The molecule has 1 heterocycles. The van der Waals surface area contributed by atoms with Crippen LogP contribution >= 0.6 is 11.3 Å². The summed E-state index contributed by atoms with van der Waals surface area (Å²) < 4.78 is 42.8. The van der Waals surface area contributed by atoms with Crippen LogP contribution in [-0.2, 0) is 7.05 Å². The van der Waals surface area contributed by atoms with Gasteiger partial charge in [-0.3, -0.25) is 5.32 Å². The maximum Gasteiger partial charge on any atom is 0.573 e. The lowest BCUT2D eigenvalue weighted by Gasteiger charge is -2.07. The third-order valence-corrected chi connectivity index (χ3v) is 3.54. The Morgan fingerprint density at radius 3 is 2.55 bits per heavy atom. The van der Waals surface area contributed by atoms with Gasteiger partial charge in [0.25, 0.3) is 0 Å². The number of nitrogens with one attached hydrogen (secondary N) is 1. The summed E-state index contributed by atoms with van der Waals surface area (Å²) in [6, 6.07) is 4.22. The molecule has 0 unspecified atom stereocenters. The lowest BCUT2D eigenvalue weighted by atomic mass is 10.3. The fourth-order valence-electron chi connectivity index (χ4n) is 1.61. The number of halogens is 3. The van der Waals surface area contributed by atoms with Crippen molar-refractivity contribution >= 4 is 26.7 Å². The van der Waals surface area contributed by atoms with Crippen molar-refractivity contribution in [2.24, 2.45) is 7.05 Å². The highest BCUT2D eigenvalue weighted by atomic mass is 32.1. The standard InChI is InChI=1S/C12H9F3N2OS.C3H8/c1-3-6-16-11-17(2)9-5-4-8(7-10(9)19-11)18-12(13,14)15;1-3-2/h1,4-5,7H,6H2,2H3;3H2,1-2H3/p+1. The normalized spacial score (nSPS) is 10.6. The maximum absolute atomic E-state index is 12.1. The van der Waals surface area contributed by atoms with Crippen LogP contribution in [0.2, 0.25) is 0 Å². The second kappa shape index (κ2) is 7.90. The number of anilines is 1. The number of fused-ring (bicyclic) bond motifs is 1. The first-order valence-electron chi connectivity index (χ1n) is 6.68. The van der Waals surface area contributed by atoms with Crippen LogP contribution in [0, 0.1) is 12.3 Å². The number of rotatable bonds is 3. The first-order chi connectivity index (χ1) is 10.3. The first-order valence-corrected chi connectivity index (χ1v) is 7.49. The summed E-state index contributed by atoms with van der Waals surface area (Å²) in [5.74, 6) is 2.21. The van der Waals surface area contributed by atoms with Crippen LogP contribution in [0.15, 0.2) is 18.2 Å². The molecule has 22 heavy (non-hydrogen) atoms. The van der Waals surface area contributed by atoms with Gasteiger partial charge in [-0.25, -0.2) is 4.57 Å². The third kappa shape index (κ3) is 5.11. The molecule has 2 rings (SSSR count). The average molecular weight is 331 g/mol. The molecule has 0 saturated heterocycles. The minimum atomic E-state index is -4.68. The zero-order valence-corrected chi connectivity index (χ0v) is 13.4. The van der Waals surface area contributed by atoms with Crippen LogP contribution in [0.3, 0.4) is 0 Å². The van der Waals surface area contributed by atoms with Crippen molar-refractivity contribution in [2.75, 3.05) is 11.9 Å². The molecule has 0 spiro atoms. The molecular formula is C15H18F3N2OS+. The Morgan fingerprint density at radius 1 is 1.36 bits per heavy atom. The number of thiazole rings is 1. The minimum absolute atomic E-state index is 0.231. The Balaban J connectivity index is 0.000000745. The molecule has 0 radical (unpaired) electrons. The Bertz CT molecular complexity index is 659. The summed E-state index contributed by atoms with van der Waals surface area (Å²) in [4.78, 5) is 0. The van der Waals surface area contributed by atoms with Crippen molar-refractivity contribution in [3.8, 4) is 18.1 Å². The van der Waals surface area contributed by atoms with E-state index in [0.717, 1.165) is 10.6 Å². The predicted octanol–water partition coefficient (Wildman–Crippen LogP) is 4.09. The fourth-order valence-corrected chi connectivity index (χ4v) is 2.69. The number of hydrogen-bond donors (Lipinski definition) is 1. The summed E-state index contributed by atoms with van der Waals surface area (Å²) in [6.07, 6.45) is 1.72. The molecule has 120 valence electrons. The summed E-state index contributed by atoms with van der Waals surface area (Å²) in [5.41, 5.74) is 0.805. The van der Waals surface area contributed by atoms with Gasteiger partial charge in [0.15, 0.2) is 0 Å². The minimum Gasteiger partial charge on any atom is -0.406 e. The summed E-state index contributed by atoms with van der Waals surface area (Å²) in [6.45, 7) is 4.60. The predicted molar refractivity (Wildman–Crippen MR) is 83.0 cm³/mol. The monoisotopic (exact) mass is 331 g/mol. The molecule has 1 aromatic heterocycles. The second-order valence-corrected chi connectivity index (χ2v) is 5.44. The van der Waals surface area contributed by atoms with Crippen LogP contribution in [0.25, 0.3) is 10.2 Å². The van der Waals surface area contributed by atoms with E-state index in [4.69, 9.17) is 6.42 Å². The van der Waals surface area contributed by atoms with E-state index in [-0.39, 0.29) is 5.75 Å². The van der Waals surface area contributed by atoms with Crippen molar-refractivity contribution in [3.63, 3.8) is 0 Å². The van der Waals surface area contributed by atoms with Gasteiger partial charge >= 0.3 is 11.5 Å². The molecule has 7 heteroatoms. The van der Waals surface area contributed by atoms with E-state index in [2.05, 4.69) is 29.8 Å². The van der Waals surface area contributed by atoms with Gasteiger partial charge in [0.1, 0.15) is 17.8 Å². The highest BCUT2D eigenvalue weighted by molar-refractivity contribution is 7.21. The molecule has 1 aromatic carbocycles. The Morgan fingerprint density at radius 2 is 2.00 bits per heavy atom. The Kier molecular flexibility index (Phi) is 6.50. The van der Waals surface area contributed by atoms with Crippen LogP contribution in [0.4, 0.5) is 18.3 Å². The second-order valence-electron chi connectivity index (χ2n) is 4.41. The van der Waals surface area contributed by atoms with E-state index in [1.165, 1.54) is 29.9 Å². The molecule has 2 aromatic rings. The van der Waals surface area contributed by atoms with Crippen molar-refractivity contribution < 1.29 is 22.5 Å². The zero-order valence-electron chi connectivity index (χ0n) is 12.6. The van der Waals surface area contributed by atoms with Crippen molar-refractivity contribution in [1.82, 2.24) is 0 Å². The van der Waals surface area contributed by atoms with Gasteiger partial charge in [0.2, 0.25) is 0 Å². The van der Waals surface area contributed by atoms with E-state index < -0.39 is 6.36 Å². The van der Waals surface area contributed by atoms with Crippen LogP contribution in [0.5, 0.6) is 5.75 Å². The van der Waals surface area contributed by atoms with Crippen molar-refractivity contribution in [1.29, 1.82) is 0 Å². The van der Waals surface area contributed by atoms with Gasteiger partial charge in [-0.15, -0.1) is 19.6 Å². The molecule has 0 atom stereocenters. The SMILES string of the molecule is C#CCNc1sc2cc(OC(F)(F)F)ccc2[n+]1C.CCC. The molecule has 0 saturated carbocycles. The lowest BCUT2D eigenvalue weighted by molar-refractivity contribution is -0.626. The van der Waals surface area contributed by atoms with Crippen molar-refractivity contribution in [2.45, 2.75) is 26.6 Å². The molecule has 3 nitrogen and oxygen atoms in total. The molecule has 0 amide bonds. The highest BCUT2D eigenvalue weighted by Crippen LogP contribution is 2.30. The molecular weight excluding hydrogens is 313 g/mol. The number of alkyl halides is 3. The molecule has 0 bridgehead atoms. The third-order valence-electron chi connectivity index (χ3n) is 2.38. The molecule has 0 aliphatic heterocycles. The van der Waals surface area contributed by atoms with E-state index in [1.807, 2.05) is 11.6 Å². The quantitative estimate of drug-likeness (QED) is 0.677. The summed E-state index contributed by atoms with van der Waals surface area (Å²) >= 11 is 1.31. The largest absolute Gasteiger partial charge is 0.573 e. The summed E-state index contributed by atoms with van der Waals surface area (Å²) in [5, 5.41) is 3.78. The van der Waals surface area contributed by atoms with E-state index >= 15 is 0 Å². The van der Waals surface area contributed by atoms with Gasteiger partial charge in [0, 0.05) is 6.07 Å². The average Bonchev–Trinajstić information content (AvgIpc) is 2.72. The van der Waals surface area contributed by atoms with Gasteiger partial charge in [-0.1, -0.05) is 26.2 Å². The summed E-state index contributed by atoms with van der Waals surface area (Å²) in [7, 11) is 1.81. The van der Waals surface area contributed by atoms with Gasteiger partial charge in [0.05, 0.1) is 11.7 Å². The number of terminal acetylenes is 1. The smallest absolute Gasteiger partial charge is 0.406 e. The first kappa shape index (κ1) is 18.1. The number of aromatic nitrogens is 1. The topological polar surface area (TPSA) is 25.1 Å². The maximum atomic E-state index is 12.1. The van der Waals surface area contributed by atoms with E-state index in [0.29, 0.717) is 11.2 Å². The Labute approximate surface area is 131 Å². The van der Waals surface area contributed by atoms with E-state index in [9.17, 15) is 13.2 Å². The molecule has 0 fully saturated rings. The van der Waals surface area contributed by atoms with Crippen LogP contribution in [0.1, 0.15) is 20.3 Å². The number of nitrogens with zero attached hydrogens (tertiary/aromatic N) is 1. The van der Waals surface area contributed by atoms with Gasteiger partial charge in [-0.05, 0) is 23.5 Å². The molecule has 0 aliphatic rings. The molecule has 1 N–H and O–H groups in total. The van der Waals surface area contributed by atoms with Crippen LogP contribution < -0.4 is 14.6 Å². The lowest BCUT2D eigenvalue weighted by Crippen LogP contribution is -2.30.